The number of benzene rings is 1. The van der Waals surface area contributed by atoms with Crippen LogP contribution in [0.2, 0.25) is 0 Å². The molecule has 0 radical (unpaired) electrons. The van der Waals surface area contributed by atoms with Gasteiger partial charge in [0.05, 0.1) is 17.1 Å². The fourth-order valence-corrected chi connectivity index (χ4v) is 2.95. The number of thiazole rings is 1. The molecule has 1 atom stereocenters. The highest BCUT2D eigenvalue weighted by atomic mass is 32.1. The lowest BCUT2D eigenvalue weighted by atomic mass is 10.0. The number of carboxylic acid groups (broad SMARTS) is 1. The number of carbonyl (C=O) groups is 1. The van der Waals surface area contributed by atoms with Gasteiger partial charge in [0.2, 0.25) is 0 Å². The third kappa shape index (κ3) is 3.17. The topological polar surface area (TPSA) is 50.2 Å². The number of carboxylic acids is 1. The third-order valence-electron chi connectivity index (χ3n) is 2.81. The number of nitrogens with zero attached hydrogens (tertiary/aromatic N) is 1. The second-order valence-corrected chi connectivity index (χ2v) is 5.69. The van der Waals surface area contributed by atoms with E-state index in [1.165, 1.54) is 23.5 Å². The molecule has 5 heteroatoms. The van der Waals surface area contributed by atoms with Gasteiger partial charge in [-0.05, 0) is 31.2 Å². The van der Waals surface area contributed by atoms with Crippen LogP contribution in [0.25, 0.3) is 11.3 Å². The first kappa shape index (κ1) is 13.7. The minimum absolute atomic E-state index is 0.0653. The van der Waals surface area contributed by atoms with Crippen molar-refractivity contribution >= 4 is 17.3 Å². The standard InChI is InChI=1S/C14H14FNO2S/c1-8(7-12(17)18)14-13(16-9(2)19-14)10-3-5-11(15)6-4-10/h3-6,8H,7H2,1-2H3,(H,17,18). The first-order chi connectivity index (χ1) is 8.97. The molecule has 0 amide bonds. The summed E-state index contributed by atoms with van der Waals surface area (Å²) in [7, 11) is 0. The fourth-order valence-electron chi connectivity index (χ4n) is 1.95. The van der Waals surface area contributed by atoms with E-state index in [2.05, 4.69) is 4.98 Å². The number of halogens is 1. The molecule has 0 bridgehead atoms. The monoisotopic (exact) mass is 279 g/mol. The molecule has 0 spiro atoms. The third-order valence-corrected chi connectivity index (χ3v) is 4.01. The normalized spacial score (nSPS) is 12.4. The van der Waals surface area contributed by atoms with Gasteiger partial charge in [-0.15, -0.1) is 11.3 Å². The molecule has 1 aromatic carbocycles. The van der Waals surface area contributed by atoms with Gasteiger partial charge in [-0.25, -0.2) is 9.37 Å². The van der Waals surface area contributed by atoms with Gasteiger partial charge in [-0.2, -0.15) is 0 Å². The van der Waals surface area contributed by atoms with Crippen LogP contribution in [-0.2, 0) is 4.79 Å². The molecule has 2 rings (SSSR count). The van der Waals surface area contributed by atoms with Crippen LogP contribution >= 0.6 is 11.3 Å². The van der Waals surface area contributed by atoms with Crippen molar-refractivity contribution in [1.29, 1.82) is 0 Å². The van der Waals surface area contributed by atoms with Crippen LogP contribution in [0, 0.1) is 12.7 Å². The van der Waals surface area contributed by atoms with Crippen molar-refractivity contribution in [3.05, 3.63) is 40.0 Å². The summed E-state index contributed by atoms with van der Waals surface area (Å²) in [6.07, 6.45) is 0.0653. The highest BCUT2D eigenvalue weighted by Gasteiger charge is 2.19. The van der Waals surface area contributed by atoms with Crippen molar-refractivity contribution in [3.8, 4) is 11.3 Å². The molecule has 1 N–H and O–H groups in total. The van der Waals surface area contributed by atoms with Crippen LogP contribution in [0.3, 0.4) is 0 Å². The largest absolute Gasteiger partial charge is 0.481 e. The zero-order chi connectivity index (χ0) is 14.0. The first-order valence-corrected chi connectivity index (χ1v) is 6.74. The highest BCUT2D eigenvalue weighted by Crippen LogP contribution is 2.35. The van der Waals surface area contributed by atoms with Crippen LogP contribution in [0.4, 0.5) is 4.39 Å². The molecule has 1 aromatic heterocycles. The Hall–Kier alpha value is -1.75. The summed E-state index contributed by atoms with van der Waals surface area (Å²) < 4.78 is 12.9. The van der Waals surface area contributed by atoms with Crippen LogP contribution in [-0.4, -0.2) is 16.1 Å². The van der Waals surface area contributed by atoms with Crippen molar-refractivity contribution in [1.82, 2.24) is 4.98 Å². The van der Waals surface area contributed by atoms with Gasteiger partial charge in [0, 0.05) is 16.4 Å². The Morgan fingerprint density at radius 2 is 2.05 bits per heavy atom. The Morgan fingerprint density at radius 3 is 2.63 bits per heavy atom. The van der Waals surface area contributed by atoms with E-state index in [9.17, 15) is 9.18 Å². The van der Waals surface area contributed by atoms with Crippen molar-refractivity contribution in [2.75, 3.05) is 0 Å². The number of hydrogen-bond donors (Lipinski definition) is 1. The first-order valence-electron chi connectivity index (χ1n) is 5.92. The van der Waals surface area contributed by atoms with Crippen molar-refractivity contribution in [3.63, 3.8) is 0 Å². The van der Waals surface area contributed by atoms with Gasteiger partial charge >= 0.3 is 5.97 Å². The molecule has 0 fully saturated rings. The highest BCUT2D eigenvalue weighted by molar-refractivity contribution is 7.12. The molecule has 1 unspecified atom stereocenters. The number of hydrogen-bond acceptors (Lipinski definition) is 3. The zero-order valence-electron chi connectivity index (χ0n) is 10.7. The SMILES string of the molecule is Cc1nc(-c2ccc(F)cc2)c(C(C)CC(=O)O)s1. The average Bonchev–Trinajstić information content (AvgIpc) is 2.71. The van der Waals surface area contributed by atoms with Gasteiger partial charge in [-0.3, -0.25) is 4.79 Å². The summed E-state index contributed by atoms with van der Waals surface area (Å²) in [5, 5.41) is 9.77. The average molecular weight is 279 g/mol. The summed E-state index contributed by atoms with van der Waals surface area (Å²) in [6.45, 7) is 3.75. The maximum atomic E-state index is 12.9. The molecule has 0 aliphatic heterocycles. The predicted molar refractivity (Wildman–Crippen MR) is 72.9 cm³/mol. The van der Waals surface area contributed by atoms with Gasteiger partial charge in [0.25, 0.3) is 0 Å². The molecule has 3 nitrogen and oxygen atoms in total. The quantitative estimate of drug-likeness (QED) is 0.925. The van der Waals surface area contributed by atoms with Crippen molar-refractivity contribution < 1.29 is 14.3 Å². The maximum Gasteiger partial charge on any atom is 0.303 e. The number of aliphatic carboxylic acids is 1. The summed E-state index contributed by atoms with van der Waals surface area (Å²) in [5.41, 5.74) is 1.58. The van der Waals surface area contributed by atoms with Gasteiger partial charge in [0.1, 0.15) is 5.82 Å². The molecule has 19 heavy (non-hydrogen) atoms. The molecule has 2 aromatic rings. The van der Waals surface area contributed by atoms with Crippen molar-refractivity contribution in [2.24, 2.45) is 0 Å². The molecule has 0 aliphatic carbocycles. The van der Waals surface area contributed by atoms with E-state index in [1.807, 2.05) is 13.8 Å². The number of aryl methyl sites for hydroxylation is 1. The Balaban J connectivity index is 2.40. The lowest BCUT2D eigenvalue weighted by Gasteiger charge is -2.08. The maximum absolute atomic E-state index is 12.9. The molecular formula is C14H14FNO2S. The lowest BCUT2D eigenvalue weighted by Crippen LogP contribution is -2.02. The second kappa shape index (κ2) is 5.48. The Kier molecular flexibility index (Phi) is 3.95. The molecular weight excluding hydrogens is 265 g/mol. The van der Waals surface area contributed by atoms with Crippen molar-refractivity contribution in [2.45, 2.75) is 26.2 Å². The lowest BCUT2D eigenvalue weighted by molar-refractivity contribution is -0.137. The minimum Gasteiger partial charge on any atom is -0.481 e. The van der Waals surface area contributed by atoms with Crippen LogP contribution in [0.5, 0.6) is 0 Å². The fraction of sp³-hybridized carbons (Fsp3) is 0.286. The van der Waals surface area contributed by atoms with Crippen LogP contribution in [0.1, 0.15) is 29.1 Å². The second-order valence-electron chi connectivity index (χ2n) is 4.45. The Morgan fingerprint density at radius 1 is 1.42 bits per heavy atom. The van der Waals surface area contributed by atoms with E-state index in [0.717, 1.165) is 21.1 Å². The van der Waals surface area contributed by atoms with E-state index in [1.54, 1.807) is 12.1 Å². The van der Waals surface area contributed by atoms with E-state index in [4.69, 9.17) is 5.11 Å². The molecule has 0 aliphatic rings. The summed E-state index contributed by atoms with van der Waals surface area (Å²) >= 11 is 1.50. The van der Waals surface area contributed by atoms with E-state index < -0.39 is 5.97 Å². The molecule has 1 heterocycles. The van der Waals surface area contributed by atoms with E-state index in [0.29, 0.717) is 0 Å². The Labute approximate surface area is 114 Å². The number of aromatic nitrogens is 1. The zero-order valence-corrected chi connectivity index (χ0v) is 11.5. The van der Waals surface area contributed by atoms with Crippen LogP contribution < -0.4 is 0 Å². The smallest absolute Gasteiger partial charge is 0.303 e. The van der Waals surface area contributed by atoms with Gasteiger partial charge in [0.15, 0.2) is 0 Å². The van der Waals surface area contributed by atoms with Crippen LogP contribution in [0.15, 0.2) is 24.3 Å². The minimum atomic E-state index is -0.830. The van der Waals surface area contributed by atoms with E-state index >= 15 is 0 Å². The van der Waals surface area contributed by atoms with Gasteiger partial charge in [-0.1, -0.05) is 6.92 Å². The molecule has 0 saturated heterocycles. The summed E-state index contributed by atoms with van der Waals surface area (Å²) in [6, 6.07) is 6.10. The summed E-state index contributed by atoms with van der Waals surface area (Å²) in [5.74, 6) is -1.23. The number of rotatable bonds is 4. The predicted octanol–water partition coefficient (Wildman–Crippen LogP) is 3.84. The molecule has 100 valence electrons. The summed E-state index contributed by atoms with van der Waals surface area (Å²) in [4.78, 5) is 16.2. The van der Waals surface area contributed by atoms with E-state index in [-0.39, 0.29) is 18.2 Å². The van der Waals surface area contributed by atoms with Gasteiger partial charge < -0.3 is 5.11 Å². The Bertz CT molecular complexity index is 592. The molecule has 0 saturated carbocycles.